The summed E-state index contributed by atoms with van der Waals surface area (Å²) in [7, 11) is 0. The molecular weight excluding hydrogens is 512 g/mol. The Morgan fingerprint density at radius 2 is 1.57 bits per heavy atom. The zero-order valence-electron chi connectivity index (χ0n) is 25.2. The first kappa shape index (κ1) is 30.5. The van der Waals surface area contributed by atoms with E-state index in [4.69, 9.17) is 5.73 Å². The van der Waals surface area contributed by atoms with Crippen LogP contribution in [0, 0.1) is 27.6 Å². The van der Waals surface area contributed by atoms with Gasteiger partial charge in [-0.2, -0.15) is 0 Å². The molecular formula is C30H48N4O6. The molecule has 4 atom stereocenters. The molecule has 2 spiro atoms. The molecule has 0 bridgehead atoms. The monoisotopic (exact) mass is 560 g/mol. The van der Waals surface area contributed by atoms with Crippen LogP contribution in [-0.4, -0.2) is 69.7 Å². The lowest BCUT2D eigenvalue weighted by molar-refractivity contribution is -0.148. The lowest BCUT2D eigenvalue weighted by Crippen LogP contribution is -2.61. The van der Waals surface area contributed by atoms with E-state index in [9.17, 15) is 29.1 Å². The fraction of sp³-hybridized carbons (Fsp3) is 0.833. The minimum Gasteiger partial charge on any atom is -0.381 e. The molecule has 10 nitrogen and oxygen atoms in total. The Bertz CT molecular complexity index is 1090. The maximum atomic E-state index is 14.3. The van der Waals surface area contributed by atoms with Gasteiger partial charge in [0.25, 0.3) is 11.8 Å². The molecule has 3 unspecified atom stereocenters. The lowest BCUT2D eigenvalue weighted by atomic mass is 9.73. The molecule has 40 heavy (non-hydrogen) atoms. The van der Waals surface area contributed by atoms with E-state index in [0.717, 1.165) is 38.5 Å². The van der Waals surface area contributed by atoms with Crippen LogP contribution in [0.1, 0.15) is 99.8 Å². The van der Waals surface area contributed by atoms with Crippen molar-refractivity contribution >= 4 is 29.4 Å². The molecule has 0 aromatic heterocycles. The number of Topliss-reactive ketones (excluding diaryl/α,β-unsaturated/α-hetero) is 1. The molecule has 4 aliphatic rings. The van der Waals surface area contributed by atoms with Crippen LogP contribution < -0.4 is 16.4 Å². The molecule has 4 rings (SSSR count). The van der Waals surface area contributed by atoms with Crippen LogP contribution in [0.3, 0.4) is 0 Å². The topological polar surface area (TPSA) is 159 Å². The van der Waals surface area contributed by atoms with E-state index < -0.39 is 58.6 Å². The van der Waals surface area contributed by atoms with Crippen LogP contribution in [0.4, 0.5) is 0 Å². The Kier molecular flexibility index (Phi) is 7.47. The van der Waals surface area contributed by atoms with E-state index >= 15 is 0 Å². The van der Waals surface area contributed by atoms with E-state index in [2.05, 4.69) is 24.5 Å². The molecule has 4 fully saturated rings. The number of fused-ring (bicyclic) bond motifs is 1. The number of rotatable bonds is 9. The molecule has 5 N–H and O–H groups in total. The highest BCUT2D eigenvalue weighted by molar-refractivity contribution is 6.37. The molecule has 224 valence electrons. The predicted octanol–water partition coefficient (Wildman–Crippen LogP) is 1.82. The number of ketones is 1. The van der Waals surface area contributed by atoms with Crippen molar-refractivity contribution in [2.75, 3.05) is 6.54 Å². The van der Waals surface area contributed by atoms with Gasteiger partial charge in [0.05, 0.1) is 6.04 Å². The van der Waals surface area contributed by atoms with E-state index in [0.29, 0.717) is 19.4 Å². The lowest BCUT2D eigenvalue weighted by Gasteiger charge is -2.37. The zero-order chi connectivity index (χ0) is 30.1. The Balaban J connectivity index is 1.65. The van der Waals surface area contributed by atoms with Crippen LogP contribution in [0.2, 0.25) is 0 Å². The third-order valence-corrected chi connectivity index (χ3v) is 11.0. The fourth-order valence-electron chi connectivity index (χ4n) is 7.92. The fourth-order valence-corrected chi connectivity index (χ4v) is 7.92. The van der Waals surface area contributed by atoms with Crippen LogP contribution in [0.5, 0.6) is 0 Å². The Hall–Kier alpha value is -2.49. The zero-order valence-corrected chi connectivity index (χ0v) is 25.2. The number of hydrogen-bond donors (Lipinski definition) is 4. The molecule has 0 radical (unpaired) electrons. The smallest absolute Gasteiger partial charge is 0.287 e. The first-order chi connectivity index (χ1) is 18.3. The summed E-state index contributed by atoms with van der Waals surface area (Å²) in [6.45, 7) is 13.0. The second-order valence-corrected chi connectivity index (χ2v) is 15.0. The summed E-state index contributed by atoms with van der Waals surface area (Å²) in [5.74, 6) is -3.20. The van der Waals surface area contributed by atoms with Gasteiger partial charge in [-0.15, -0.1) is 0 Å². The third-order valence-electron chi connectivity index (χ3n) is 11.0. The second kappa shape index (κ2) is 9.81. The highest BCUT2D eigenvalue weighted by Crippen LogP contribution is 2.88. The van der Waals surface area contributed by atoms with Crippen molar-refractivity contribution in [3.05, 3.63) is 0 Å². The van der Waals surface area contributed by atoms with Crippen molar-refractivity contribution in [2.24, 2.45) is 33.3 Å². The summed E-state index contributed by atoms with van der Waals surface area (Å²) < 4.78 is 0. The van der Waals surface area contributed by atoms with Gasteiger partial charge in [0.1, 0.15) is 17.7 Å². The maximum absolute atomic E-state index is 14.3. The molecule has 1 aliphatic heterocycles. The highest BCUT2D eigenvalue weighted by atomic mass is 16.3. The first-order valence-corrected chi connectivity index (χ1v) is 14.8. The van der Waals surface area contributed by atoms with Crippen LogP contribution in [0.15, 0.2) is 0 Å². The van der Waals surface area contributed by atoms with Gasteiger partial charge >= 0.3 is 0 Å². The number of nitrogens with one attached hydrogen (secondary N) is 2. The highest BCUT2D eigenvalue weighted by Gasteiger charge is 2.85. The minimum atomic E-state index is -1.69. The maximum Gasteiger partial charge on any atom is 0.287 e. The Labute approximate surface area is 237 Å². The molecule has 1 heterocycles. The van der Waals surface area contributed by atoms with Crippen LogP contribution in [-0.2, 0) is 24.0 Å². The SMILES string of the molecule is CC(C)(O)C(=O)N[C@@H](C(=O)N1CC2(CC1C(=O)NC(CC1CCC1)C(=O)C(N)=O)C(C)(C)C21CCC1)C(C)(C)C. The number of hydrogen-bond acceptors (Lipinski definition) is 6. The standard InChI is InChI=1S/C30H48N4O6/c1-26(2,3)21(33-25(39)27(4,5)40)24(38)34-16-30(28(6,7)29(30)12-9-13-29)15-19(34)23(37)32-18(20(35)22(31)36)14-17-10-8-11-17/h17-19,21,40H,8-16H2,1-7H3,(H2,31,36)(H,32,37)(H,33,39)/t18?,19?,21-,30?/m0/s1. The van der Waals surface area contributed by atoms with Crippen molar-refractivity contribution in [3.8, 4) is 0 Å². The van der Waals surface area contributed by atoms with Gasteiger partial charge in [0.2, 0.25) is 17.6 Å². The van der Waals surface area contributed by atoms with Gasteiger partial charge in [0.15, 0.2) is 0 Å². The number of aliphatic hydroxyl groups is 1. The number of nitrogens with zero attached hydrogens (tertiary/aromatic N) is 1. The van der Waals surface area contributed by atoms with Crippen LogP contribution in [0.25, 0.3) is 0 Å². The largest absolute Gasteiger partial charge is 0.381 e. The molecule has 10 heteroatoms. The quantitative estimate of drug-likeness (QED) is 0.315. The van der Waals surface area contributed by atoms with Crippen molar-refractivity contribution < 1.29 is 29.1 Å². The molecule has 3 saturated carbocycles. The van der Waals surface area contributed by atoms with E-state index in [1.807, 2.05) is 20.8 Å². The predicted molar refractivity (Wildman–Crippen MR) is 148 cm³/mol. The van der Waals surface area contributed by atoms with Gasteiger partial charge < -0.3 is 26.4 Å². The summed E-state index contributed by atoms with van der Waals surface area (Å²) in [6.07, 6.45) is 6.90. The van der Waals surface area contributed by atoms with Gasteiger partial charge in [-0.25, -0.2) is 0 Å². The average molecular weight is 561 g/mol. The van der Waals surface area contributed by atoms with Gasteiger partial charge in [-0.05, 0) is 61.7 Å². The van der Waals surface area contributed by atoms with E-state index in [1.54, 1.807) is 4.90 Å². The summed E-state index contributed by atoms with van der Waals surface area (Å²) in [5.41, 5.74) is 2.65. The van der Waals surface area contributed by atoms with Crippen molar-refractivity contribution in [2.45, 2.75) is 124 Å². The summed E-state index contributed by atoms with van der Waals surface area (Å²) in [6, 6.07) is -2.88. The van der Waals surface area contributed by atoms with Gasteiger partial charge in [-0.1, -0.05) is 60.3 Å². The first-order valence-electron chi connectivity index (χ1n) is 14.8. The van der Waals surface area contributed by atoms with Crippen LogP contribution >= 0.6 is 0 Å². The Morgan fingerprint density at radius 3 is 1.98 bits per heavy atom. The third kappa shape index (κ3) is 4.73. The van der Waals surface area contributed by atoms with Gasteiger partial charge in [0, 0.05) is 12.0 Å². The summed E-state index contributed by atoms with van der Waals surface area (Å²) in [4.78, 5) is 67.1. The van der Waals surface area contributed by atoms with Crippen molar-refractivity contribution in [1.82, 2.24) is 15.5 Å². The van der Waals surface area contributed by atoms with E-state index in [-0.39, 0.29) is 22.2 Å². The number of likely N-dealkylation sites (tertiary alicyclic amines) is 1. The number of carbonyl (C=O) groups is 5. The second-order valence-electron chi connectivity index (χ2n) is 15.0. The van der Waals surface area contributed by atoms with E-state index in [1.165, 1.54) is 13.8 Å². The molecule has 0 aromatic carbocycles. The minimum absolute atomic E-state index is 0.0511. The number of carbonyl (C=O) groups excluding carboxylic acids is 5. The average Bonchev–Trinajstić information content (AvgIpc) is 3.02. The number of primary amides is 1. The van der Waals surface area contributed by atoms with Crippen molar-refractivity contribution in [3.63, 3.8) is 0 Å². The Morgan fingerprint density at radius 1 is 0.975 bits per heavy atom. The number of nitrogens with two attached hydrogens (primary N) is 1. The summed E-state index contributed by atoms with van der Waals surface area (Å²) in [5, 5.41) is 15.8. The normalized spacial score (nSPS) is 28.3. The summed E-state index contributed by atoms with van der Waals surface area (Å²) >= 11 is 0. The van der Waals surface area contributed by atoms with Crippen molar-refractivity contribution in [1.29, 1.82) is 0 Å². The molecule has 0 aromatic rings. The molecule has 4 amide bonds. The van der Waals surface area contributed by atoms with Gasteiger partial charge in [-0.3, -0.25) is 24.0 Å². The molecule has 1 saturated heterocycles. The molecule has 3 aliphatic carbocycles. The number of amides is 4.